The first kappa shape index (κ1) is 20.7. The lowest BCUT2D eigenvalue weighted by molar-refractivity contribution is -0.121. The molecule has 1 aliphatic heterocycles. The number of hydrogen-bond acceptors (Lipinski definition) is 4. The molecule has 0 bridgehead atoms. The highest BCUT2D eigenvalue weighted by molar-refractivity contribution is 8.01. The van der Waals surface area contributed by atoms with Crippen LogP contribution in [0.15, 0.2) is 36.4 Å². The second-order valence-electron chi connectivity index (χ2n) is 6.55. The Labute approximate surface area is 177 Å². The summed E-state index contributed by atoms with van der Waals surface area (Å²) in [6, 6.07) is 10.2. The van der Waals surface area contributed by atoms with E-state index in [0.29, 0.717) is 21.4 Å². The number of imide groups is 1. The van der Waals surface area contributed by atoms with Gasteiger partial charge in [-0.25, -0.2) is 4.90 Å². The van der Waals surface area contributed by atoms with Crippen LogP contribution in [0.2, 0.25) is 10.0 Å². The predicted molar refractivity (Wildman–Crippen MR) is 114 cm³/mol. The number of nitrogens with zero attached hydrogens (tertiary/aromatic N) is 1. The molecule has 1 unspecified atom stereocenters. The summed E-state index contributed by atoms with van der Waals surface area (Å²) < 4.78 is 0. The van der Waals surface area contributed by atoms with E-state index in [0.717, 1.165) is 27.8 Å². The smallest absolute Gasteiger partial charge is 0.247 e. The van der Waals surface area contributed by atoms with Gasteiger partial charge in [0.25, 0.3) is 0 Å². The zero-order valence-electron chi connectivity index (χ0n) is 15.3. The van der Waals surface area contributed by atoms with Gasteiger partial charge in [-0.3, -0.25) is 14.4 Å². The molecule has 2 aromatic carbocycles. The fourth-order valence-corrected chi connectivity index (χ4v) is 4.31. The topological polar surface area (TPSA) is 66.5 Å². The number of rotatable bonds is 5. The molecule has 1 heterocycles. The van der Waals surface area contributed by atoms with Crippen LogP contribution in [-0.2, 0) is 14.4 Å². The normalized spacial score (nSPS) is 16.6. The van der Waals surface area contributed by atoms with Crippen LogP contribution in [-0.4, -0.2) is 28.7 Å². The van der Waals surface area contributed by atoms with Gasteiger partial charge >= 0.3 is 0 Å². The van der Waals surface area contributed by atoms with Crippen LogP contribution in [0, 0.1) is 13.8 Å². The maximum atomic E-state index is 12.7. The monoisotopic (exact) mass is 436 g/mol. The summed E-state index contributed by atoms with van der Waals surface area (Å²) in [6.07, 6.45) is 0.0323. The minimum absolute atomic E-state index is 0.0323. The van der Waals surface area contributed by atoms with E-state index in [1.54, 1.807) is 0 Å². The molecule has 2 aromatic rings. The third-order valence-corrected chi connectivity index (χ3v) is 6.05. The van der Waals surface area contributed by atoms with Crippen molar-refractivity contribution in [1.82, 2.24) is 0 Å². The molecule has 0 spiro atoms. The van der Waals surface area contributed by atoms with Gasteiger partial charge in [0.1, 0.15) is 0 Å². The number of carbonyl (C=O) groups excluding carboxylic acids is 3. The summed E-state index contributed by atoms with van der Waals surface area (Å²) in [5.41, 5.74) is 3.27. The summed E-state index contributed by atoms with van der Waals surface area (Å²) in [6.45, 7) is 3.97. The first-order chi connectivity index (χ1) is 13.2. The van der Waals surface area contributed by atoms with E-state index in [2.05, 4.69) is 5.32 Å². The molecule has 0 saturated carbocycles. The number of carbonyl (C=O) groups is 3. The van der Waals surface area contributed by atoms with Crippen molar-refractivity contribution in [2.75, 3.05) is 16.0 Å². The number of hydrogen-bond donors (Lipinski definition) is 1. The van der Waals surface area contributed by atoms with Crippen LogP contribution >= 0.6 is 35.0 Å². The molecular weight excluding hydrogens is 419 g/mol. The van der Waals surface area contributed by atoms with E-state index >= 15 is 0 Å². The van der Waals surface area contributed by atoms with Crippen LogP contribution in [0.25, 0.3) is 0 Å². The van der Waals surface area contributed by atoms with Crippen LogP contribution in [0.4, 0.5) is 11.4 Å². The molecule has 1 aliphatic rings. The minimum atomic E-state index is -0.615. The van der Waals surface area contributed by atoms with Gasteiger partial charge in [0.05, 0.1) is 16.7 Å². The molecule has 3 rings (SSSR count). The highest BCUT2D eigenvalue weighted by atomic mass is 35.5. The fraction of sp³-hybridized carbons (Fsp3) is 0.250. The first-order valence-electron chi connectivity index (χ1n) is 8.56. The lowest BCUT2D eigenvalue weighted by Crippen LogP contribution is -2.31. The number of anilines is 2. The van der Waals surface area contributed by atoms with Gasteiger partial charge in [-0.1, -0.05) is 29.3 Å². The SMILES string of the molecule is Cc1ccc(NC(=O)CSC2CC(=O)N(c3cc(Cl)cc(Cl)c3)C2=O)cc1C. The molecule has 8 heteroatoms. The Hall–Kier alpha value is -2.02. The quantitative estimate of drug-likeness (QED) is 0.694. The van der Waals surface area contributed by atoms with Gasteiger partial charge in [0.15, 0.2) is 0 Å². The number of benzene rings is 2. The third kappa shape index (κ3) is 4.69. The zero-order valence-corrected chi connectivity index (χ0v) is 17.6. The standard InChI is InChI=1S/C20H18Cl2N2O3S/c1-11-3-4-15(5-12(11)2)23-18(25)10-28-17-9-19(26)24(20(17)27)16-7-13(21)6-14(22)8-16/h3-8,17H,9-10H2,1-2H3,(H,23,25). The first-order valence-corrected chi connectivity index (χ1v) is 10.4. The van der Waals surface area contributed by atoms with Gasteiger partial charge in [-0.05, 0) is 55.3 Å². The average molecular weight is 437 g/mol. The Kier molecular flexibility index (Phi) is 6.33. The maximum Gasteiger partial charge on any atom is 0.247 e. The molecule has 0 aromatic heterocycles. The molecule has 1 N–H and O–H groups in total. The largest absolute Gasteiger partial charge is 0.325 e. The van der Waals surface area contributed by atoms with E-state index in [4.69, 9.17) is 23.2 Å². The molecule has 1 saturated heterocycles. The van der Waals surface area contributed by atoms with Crippen LogP contribution in [0.1, 0.15) is 17.5 Å². The van der Waals surface area contributed by atoms with Crippen molar-refractivity contribution in [3.8, 4) is 0 Å². The number of amides is 3. The van der Waals surface area contributed by atoms with Crippen LogP contribution < -0.4 is 10.2 Å². The number of halogens is 2. The van der Waals surface area contributed by atoms with E-state index in [9.17, 15) is 14.4 Å². The van der Waals surface area contributed by atoms with Gasteiger partial charge < -0.3 is 5.32 Å². The third-order valence-electron chi connectivity index (χ3n) is 4.42. The van der Waals surface area contributed by atoms with E-state index in [1.165, 1.54) is 18.2 Å². The maximum absolute atomic E-state index is 12.7. The van der Waals surface area contributed by atoms with Crippen molar-refractivity contribution < 1.29 is 14.4 Å². The Bertz CT molecular complexity index is 944. The second kappa shape index (κ2) is 8.55. The van der Waals surface area contributed by atoms with Crippen molar-refractivity contribution in [2.24, 2.45) is 0 Å². The summed E-state index contributed by atoms with van der Waals surface area (Å²) in [7, 11) is 0. The van der Waals surface area contributed by atoms with E-state index in [1.807, 2.05) is 32.0 Å². The molecule has 1 atom stereocenters. The predicted octanol–water partition coefficient (Wildman–Crippen LogP) is 4.61. The zero-order chi connectivity index (χ0) is 20.4. The van der Waals surface area contributed by atoms with Gasteiger partial charge in [-0.15, -0.1) is 11.8 Å². The minimum Gasteiger partial charge on any atom is -0.325 e. The fourth-order valence-electron chi connectivity index (χ4n) is 2.87. The van der Waals surface area contributed by atoms with Crippen molar-refractivity contribution in [3.05, 3.63) is 57.6 Å². The van der Waals surface area contributed by atoms with Crippen molar-refractivity contribution in [1.29, 1.82) is 0 Å². The average Bonchev–Trinajstić information content (AvgIpc) is 2.89. The molecule has 0 radical (unpaired) electrons. The van der Waals surface area contributed by atoms with E-state index < -0.39 is 5.25 Å². The van der Waals surface area contributed by atoms with Gasteiger partial charge in [-0.2, -0.15) is 0 Å². The highest BCUT2D eigenvalue weighted by Gasteiger charge is 2.40. The molecule has 0 aliphatic carbocycles. The molecular formula is C20H18Cl2N2O3S. The second-order valence-corrected chi connectivity index (χ2v) is 8.61. The molecule has 146 valence electrons. The Morgan fingerprint density at radius 1 is 1.11 bits per heavy atom. The lowest BCUT2D eigenvalue weighted by atomic mass is 10.1. The number of thioether (sulfide) groups is 1. The molecule has 5 nitrogen and oxygen atoms in total. The van der Waals surface area contributed by atoms with Gasteiger partial charge in [0, 0.05) is 22.2 Å². The Morgan fingerprint density at radius 2 is 1.79 bits per heavy atom. The summed E-state index contributed by atoms with van der Waals surface area (Å²) >= 11 is 13.1. The number of aryl methyl sites for hydroxylation is 2. The summed E-state index contributed by atoms with van der Waals surface area (Å²) in [4.78, 5) is 38.3. The Balaban J connectivity index is 1.62. The molecule has 1 fully saturated rings. The number of nitrogens with one attached hydrogen (secondary N) is 1. The van der Waals surface area contributed by atoms with Crippen LogP contribution in [0.3, 0.4) is 0 Å². The molecule has 28 heavy (non-hydrogen) atoms. The summed E-state index contributed by atoms with van der Waals surface area (Å²) in [5, 5.41) is 2.88. The van der Waals surface area contributed by atoms with E-state index in [-0.39, 0.29) is 29.9 Å². The highest BCUT2D eigenvalue weighted by Crippen LogP contribution is 2.33. The Morgan fingerprint density at radius 3 is 2.43 bits per heavy atom. The summed E-state index contributed by atoms with van der Waals surface area (Å²) in [5.74, 6) is -0.860. The van der Waals surface area contributed by atoms with Crippen LogP contribution in [0.5, 0.6) is 0 Å². The van der Waals surface area contributed by atoms with Gasteiger partial charge in [0.2, 0.25) is 17.7 Å². The lowest BCUT2D eigenvalue weighted by Gasteiger charge is -2.15. The van der Waals surface area contributed by atoms with Crippen molar-refractivity contribution in [3.63, 3.8) is 0 Å². The van der Waals surface area contributed by atoms with Crippen molar-refractivity contribution >= 4 is 64.1 Å². The molecule has 3 amide bonds. The van der Waals surface area contributed by atoms with Crippen molar-refractivity contribution in [2.45, 2.75) is 25.5 Å².